The molecular formula is C25H22N4OS. The lowest BCUT2D eigenvalue weighted by Crippen LogP contribution is -2.18. The Kier molecular flexibility index (Phi) is 5.24. The monoisotopic (exact) mass is 426 g/mol. The van der Waals surface area contributed by atoms with Gasteiger partial charge in [-0.1, -0.05) is 48.5 Å². The minimum atomic E-state index is -0.0933. The summed E-state index contributed by atoms with van der Waals surface area (Å²) in [6.07, 6.45) is 4.49. The van der Waals surface area contributed by atoms with Gasteiger partial charge in [-0.05, 0) is 52.6 Å². The number of rotatable bonds is 6. The second kappa shape index (κ2) is 8.34. The molecule has 0 unspecified atom stereocenters. The molecule has 0 saturated heterocycles. The van der Waals surface area contributed by atoms with Crippen LogP contribution in [0.2, 0.25) is 0 Å². The topological polar surface area (TPSA) is 72.9 Å². The van der Waals surface area contributed by atoms with E-state index in [-0.39, 0.29) is 12.5 Å². The van der Waals surface area contributed by atoms with E-state index in [1.807, 2.05) is 16.1 Å². The van der Waals surface area contributed by atoms with Crippen molar-refractivity contribution in [2.75, 3.05) is 11.9 Å². The van der Waals surface area contributed by atoms with Gasteiger partial charge >= 0.3 is 0 Å². The first-order valence-electron chi connectivity index (χ1n) is 10.2. The van der Waals surface area contributed by atoms with Crippen molar-refractivity contribution in [2.45, 2.75) is 13.0 Å². The van der Waals surface area contributed by atoms with Crippen molar-refractivity contribution in [3.05, 3.63) is 84.0 Å². The summed E-state index contributed by atoms with van der Waals surface area (Å²) in [5.74, 6) is -0.0933. The van der Waals surface area contributed by atoms with Crippen LogP contribution >= 0.6 is 11.3 Å². The summed E-state index contributed by atoms with van der Waals surface area (Å²) in [7, 11) is 0. The van der Waals surface area contributed by atoms with E-state index in [1.54, 1.807) is 6.20 Å². The Morgan fingerprint density at radius 2 is 1.94 bits per heavy atom. The third kappa shape index (κ3) is 3.83. The third-order valence-electron chi connectivity index (χ3n) is 5.47. The number of nitrogens with zero attached hydrogens (tertiary/aromatic N) is 2. The Hall–Kier alpha value is -3.48. The van der Waals surface area contributed by atoms with Crippen molar-refractivity contribution in [1.29, 1.82) is 0 Å². The normalized spacial score (nSPS) is 11.3. The minimum Gasteiger partial charge on any atom is -0.338 e. The summed E-state index contributed by atoms with van der Waals surface area (Å²) in [5, 5.41) is 8.90. The summed E-state index contributed by atoms with van der Waals surface area (Å²) in [4.78, 5) is 16.7. The number of anilines is 1. The Balaban J connectivity index is 1.55. The molecule has 1 amide bonds. The lowest BCUT2D eigenvalue weighted by molar-refractivity contribution is -0.116. The molecule has 2 aromatic heterocycles. The summed E-state index contributed by atoms with van der Waals surface area (Å²) in [6, 6.07) is 21.3. The number of benzene rings is 3. The fraction of sp³-hybridized carbons (Fsp3) is 0.120. The molecule has 6 heteroatoms. The first-order chi connectivity index (χ1) is 15.2. The maximum Gasteiger partial charge on any atom is 0.246 e. The van der Waals surface area contributed by atoms with Gasteiger partial charge in [0.15, 0.2) is 5.13 Å². The smallest absolute Gasteiger partial charge is 0.246 e. The van der Waals surface area contributed by atoms with Gasteiger partial charge in [-0.3, -0.25) is 4.79 Å². The first-order valence-corrected chi connectivity index (χ1v) is 11.1. The summed E-state index contributed by atoms with van der Waals surface area (Å²) in [6.45, 7) is 0.789. The highest BCUT2D eigenvalue weighted by Crippen LogP contribution is 2.32. The second-order valence-electron chi connectivity index (χ2n) is 7.46. The first kappa shape index (κ1) is 19.5. The molecule has 2 heterocycles. The fourth-order valence-electron chi connectivity index (χ4n) is 4.10. The van der Waals surface area contributed by atoms with Crippen molar-refractivity contribution >= 4 is 44.1 Å². The molecule has 3 N–H and O–H groups in total. The molecular weight excluding hydrogens is 404 g/mol. The lowest BCUT2D eigenvalue weighted by atomic mass is 9.96. The van der Waals surface area contributed by atoms with Crippen LogP contribution in [0.5, 0.6) is 0 Å². The molecule has 0 aliphatic rings. The van der Waals surface area contributed by atoms with Crippen LogP contribution in [-0.2, 0) is 17.8 Å². The van der Waals surface area contributed by atoms with E-state index in [1.165, 1.54) is 27.7 Å². The van der Waals surface area contributed by atoms with Crippen LogP contribution in [0.3, 0.4) is 0 Å². The number of aromatic nitrogens is 2. The van der Waals surface area contributed by atoms with Gasteiger partial charge in [-0.2, -0.15) is 0 Å². The molecule has 0 spiro atoms. The Labute approximate surface area is 184 Å². The number of nitrogens with one attached hydrogen (secondary N) is 1. The van der Waals surface area contributed by atoms with Crippen molar-refractivity contribution < 1.29 is 4.79 Å². The van der Waals surface area contributed by atoms with Crippen LogP contribution in [0.15, 0.2) is 78.4 Å². The highest BCUT2D eigenvalue weighted by molar-refractivity contribution is 7.13. The summed E-state index contributed by atoms with van der Waals surface area (Å²) < 4.78 is 2.00. The quantitative estimate of drug-likeness (QED) is 0.399. The number of carbonyl (C=O) groups is 1. The zero-order chi connectivity index (χ0) is 21.2. The molecule has 0 aliphatic carbocycles. The summed E-state index contributed by atoms with van der Waals surface area (Å²) >= 11 is 1.41. The molecule has 0 bridgehead atoms. The number of nitrogens with two attached hydrogens (primary N) is 1. The van der Waals surface area contributed by atoms with Gasteiger partial charge in [0.2, 0.25) is 5.91 Å². The van der Waals surface area contributed by atoms with Crippen molar-refractivity contribution in [1.82, 2.24) is 9.55 Å². The lowest BCUT2D eigenvalue weighted by Gasteiger charge is -2.09. The number of amides is 1. The highest BCUT2D eigenvalue weighted by Gasteiger charge is 2.14. The Bertz CT molecular complexity index is 1370. The summed E-state index contributed by atoms with van der Waals surface area (Å²) in [5.41, 5.74) is 10.4. The van der Waals surface area contributed by atoms with Gasteiger partial charge in [-0.15, -0.1) is 11.3 Å². The molecule has 0 saturated carbocycles. The second-order valence-corrected chi connectivity index (χ2v) is 8.36. The number of fused-ring (bicyclic) bond motifs is 2. The fourth-order valence-corrected chi connectivity index (χ4v) is 4.64. The van der Waals surface area contributed by atoms with Crippen LogP contribution in [0, 0.1) is 0 Å². The zero-order valence-electron chi connectivity index (χ0n) is 16.9. The van der Waals surface area contributed by atoms with E-state index in [2.05, 4.69) is 71.0 Å². The van der Waals surface area contributed by atoms with Gasteiger partial charge in [-0.25, -0.2) is 4.98 Å². The van der Waals surface area contributed by atoms with E-state index < -0.39 is 0 Å². The SMILES string of the molecule is NCCc1cn(CC(=O)Nc2nccs2)c2ccc(-c3cccc4ccccc34)cc12. The van der Waals surface area contributed by atoms with Gasteiger partial charge < -0.3 is 15.6 Å². The third-order valence-corrected chi connectivity index (χ3v) is 6.16. The maximum absolute atomic E-state index is 12.5. The van der Waals surface area contributed by atoms with E-state index >= 15 is 0 Å². The zero-order valence-corrected chi connectivity index (χ0v) is 17.7. The van der Waals surface area contributed by atoms with Crippen LogP contribution in [-0.4, -0.2) is 22.0 Å². The van der Waals surface area contributed by atoms with Crippen LogP contribution in [0.4, 0.5) is 5.13 Å². The van der Waals surface area contributed by atoms with E-state index in [4.69, 9.17) is 5.73 Å². The molecule has 5 aromatic rings. The molecule has 0 fully saturated rings. The Morgan fingerprint density at radius 3 is 2.77 bits per heavy atom. The molecule has 0 atom stereocenters. The van der Waals surface area contributed by atoms with Gasteiger partial charge in [0, 0.05) is 28.7 Å². The molecule has 5 nitrogen and oxygen atoms in total. The molecule has 0 aliphatic heterocycles. The number of thiazole rings is 1. The number of hydrogen-bond acceptors (Lipinski definition) is 4. The standard InChI is InChI=1S/C25H22N4OS/c26-11-10-19-15-29(16-24(30)28-25-27-12-13-31-25)23-9-8-18(14-22(19)23)21-7-3-5-17-4-1-2-6-20(17)21/h1-9,12-15H,10-11,16,26H2,(H,27,28,30). The van der Waals surface area contributed by atoms with E-state index in [9.17, 15) is 4.79 Å². The number of carbonyl (C=O) groups excluding carboxylic acids is 1. The minimum absolute atomic E-state index is 0.0933. The van der Waals surface area contributed by atoms with Crippen LogP contribution in [0.1, 0.15) is 5.56 Å². The predicted molar refractivity (Wildman–Crippen MR) is 128 cm³/mol. The highest BCUT2D eigenvalue weighted by atomic mass is 32.1. The van der Waals surface area contributed by atoms with Gasteiger partial charge in [0.1, 0.15) is 6.54 Å². The van der Waals surface area contributed by atoms with E-state index in [0.29, 0.717) is 11.7 Å². The van der Waals surface area contributed by atoms with Gasteiger partial charge in [0.05, 0.1) is 0 Å². The van der Waals surface area contributed by atoms with Crippen LogP contribution < -0.4 is 11.1 Å². The number of hydrogen-bond donors (Lipinski definition) is 2. The average molecular weight is 427 g/mol. The van der Waals surface area contributed by atoms with Crippen molar-refractivity contribution in [3.63, 3.8) is 0 Å². The largest absolute Gasteiger partial charge is 0.338 e. The average Bonchev–Trinajstić information content (AvgIpc) is 3.41. The van der Waals surface area contributed by atoms with E-state index in [0.717, 1.165) is 28.5 Å². The van der Waals surface area contributed by atoms with Crippen molar-refractivity contribution in [2.24, 2.45) is 5.73 Å². The molecule has 3 aromatic carbocycles. The van der Waals surface area contributed by atoms with Crippen molar-refractivity contribution in [3.8, 4) is 11.1 Å². The molecule has 154 valence electrons. The maximum atomic E-state index is 12.5. The molecule has 31 heavy (non-hydrogen) atoms. The Morgan fingerprint density at radius 1 is 1.06 bits per heavy atom. The predicted octanol–water partition coefficient (Wildman–Crippen LogP) is 5.06. The van der Waals surface area contributed by atoms with Gasteiger partial charge in [0.25, 0.3) is 0 Å². The molecule has 5 rings (SSSR count). The molecule has 0 radical (unpaired) electrons. The van der Waals surface area contributed by atoms with Crippen LogP contribution in [0.25, 0.3) is 32.8 Å².